The Bertz CT molecular complexity index is 405. The summed E-state index contributed by atoms with van der Waals surface area (Å²) >= 11 is 6.20. The van der Waals surface area contributed by atoms with Crippen molar-refractivity contribution < 1.29 is 4.74 Å². The molecule has 0 heterocycles. The number of nitrogens with zero attached hydrogens (tertiary/aromatic N) is 1. The average Bonchev–Trinajstić information content (AvgIpc) is 2.32. The number of ether oxygens (including phenoxy) is 1. The second-order valence-corrected chi connectivity index (χ2v) is 5.55. The van der Waals surface area contributed by atoms with Gasteiger partial charge in [0.1, 0.15) is 0 Å². The molecule has 18 heavy (non-hydrogen) atoms. The number of benzene rings is 1. The Morgan fingerprint density at radius 2 is 2.11 bits per heavy atom. The first-order valence-electron chi connectivity index (χ1n) is 6.29. The van der Waals surface area contributed by atoms with Crippen LogP contribution in [0.4, 0.5) is 0 Å². The van der Waals surface area contributed by atoms with Crippen LogP contribution in [-0.2, 0) is 11.3 Å². The Morgan fingerprint density at radius 1 is 1.44 bits per heavy atom. The summed E-state index contributed by atoms with van der Waals surface area (Å²) in [5, 5.41) is 0.819. The highest BCUT2D eigenvalue weighted by molar-refractivity contribution is 6.31. The molecule has 2 N–H and O–H groups in total. The van der Waals surface area contributed by atoms with E-state index in [9.17, 15) is 0 Å². The maximum atomic E-state index is 6.20. The summed E-state index contributed by atoms with van der Waals surface area (Å²) in [4.78, 5) is 2.31. The van der Waals surface area contributed by atoms with Crippen LogP contribution < -0.4 is 5.73 Å². The lowest BCUT2D eigenvalue weighted by molar-refractivity contribution is -0.0811. The van der Waals surface area contributed by atoms with Gasteiger partial charge in [0.2, 0.25) is 0 Å². The molecule has 0 aliphatic heterocycles. The van der Waals surface area contributed by atoms with E-state index in [1.54, 1.807) is 7.11 Å². The molecule has 0 spiro atoms. The van der Waals surface area contributed by atoms with E-state index < -0.39 is 0 Å². The van der Waals surface area contributed by atoms with Crippen molar-refractivity contribution in [3.05, 3.63) is 34.9 Å². The average molecular weight is 269 g/mol. The second kappa shape index (κ2) is 5.57. The lowest BCUT2D eigenvalue weighted by atomic mass is 9.73. The number of halogens is 1. The SMILES string of the molecule is COC1CC(CN)(N(C)Cc2ccccc2Cl)C1. The lowest BCUT2D eigenvalue weighted by Crippen LogP contribution is -2.62. The van der Waals surface area contributed by atoms with E-state index in [2.05, 4.69) is 18.0 Å². The third kappa shape index (κ3) is 2.54. The number of nitrogens with two attached hydrogens (primary N) is 1. The Morgan fingerprint density at radius 3 is 2.67 bits per heavy atom. The predicted molar refractivity (Wildman–Crippen MR) is 74.7 cm³/mol. The number of hydrogen-bond acceptors (Lipinski definition) is 3. The summed E-state index contributed by atoms with van der Waals surface area (Å²) < 4.78 is 5.36. The van der Waals surface area contributed by atoms with Gasteiger partial charge in [0.15, 0.2) is 0 Å². The van der Waals surface area contributed by atoms with Crippen LogP contribution in [0, 0.1) is 0 Å². The summed E-state index contributed by atoms with van der Waals surface area (Å²) in [6.45, 7) is 1.49. The number of likely N-dealkylation sites (N-methyl/N-ethyl adjacent to an activating group) is 1. The molecule has 1 fully saturated rings. The molecule has 0 atom stereocenters. The smallest absolute Gasteiger partial charge is 0.0607 e. The highest BCUT2D eigenvalue weighted by Crippen LogP contribution is 2.39. The van der Waals surface area contributed by atoms with Crippen LogP contribution in [0.3, 0.4) is 0 Å². The van der Waals surface area contributed by atoms with E-state index in [1.807, 2.05) is 18.2 Å². The molecule has 100 valence electrons. The van der Waals surface area contributed by atoms with Crippen LogP contribution >= 0.6 is 11.6 Å². The molecule has 0 radical (unpaired) electrons. The zero-order valence-electron chi connectivity index (χ0n) is 11.0. The van der Waals surface area contributed by atoms with Gasteiger partial charge in [-0.1, -0.05) is 29.8 Å². The molecule has 0 amide bonds. The first-order valence-corrected chi connectivity index (χ1v) is 6.66. The summed E-state index contributed by atoms with van der Waals surface area (Å²) in [5.41, 5.74) is 7.17. The zero-order valence-corrected chi connectivity index (χ0v) is 11.8. The van der Waals surface area contributed by atoms with Crippen molar-refractivity contribution in [3.63, 3.8) is 0 Å². The van der Waals surface area contributed by atoms with Crippen molar-refractivity contribution in [1.29, 1.82) is 0 Å². The highest BCUT2D eigenvalue weighted by atomic mass is 35.5. The number of methoxy groups -OCH3 is 1. The van der Waals surface area contributed by atoms with Crippen molar-refractivity contribution in [2.75, 3.05) is 20.7 Å². The topological polar surface area (TPSA) is 38.5 Å². The van der Waals surface area contributed by atoms with Crippen LogP contribution in [0.1, 0.15) is 18.4 Å². The van der Waals surface area contributed by atoms with Crippen LogP contribution in [0.25, 0.3) is 0 Å². The molecular weight excluding hydrogens is 248 g/mol. The van der Waals surface area contributed by atoms with Gasteiger partial charge in [-0.3, -0.25) is 4.90 Å². The molecule has 1 aromatic rings. The van der Waals surface area contributed by atoms with E-state index in [0.29, 0.717) is 12.6 Å². The van der Waals surface area contributed by atoms with Gasteiger partial charge in [0.25, 0.3) is 0 Å². The molecule has 0 saturated heterocycles. The van der Waals surface area contributed by atoms with Crippen molar-refractivity contribution in [1.82, 2.24) is 4.90 Å². The van der Waals surface area contributed by atoms with Crippen LogP contribution in [0.5, 0.6) is 0 Å². The first-order chi connectivity index (χ1) is 8.61. The fraction of sp³-hybridized carbons (Fsp3) is 0.571. The van der Waals surface area contributed by atoms with E-state index in [-0.39, 0.29) is 5.54 Å². The normalized spacial score (nSPS) is 27.3. The fourth-order valence-electron chi connectivity index (χ4n) is 2.64. The van der Waals surface area contributed by atoms with Crippen LogP contribution in [0.2, 0.25) is 5.02 Å². The van der Waals surface area contributed by atoms with Gasteiger partial charge in [-0.25, -0.2) is 0 Å². The molecule has 1 aliphatic carbocycles. The quantitative estimate of drug-likeness (QED) is 0.890. The third-order valence-electron chi connectivity index (χ3n) is 4.10. The van der Waals surface area contributed by atoms with Gasteiger partial charge in [-0.05, 0) is 31.5 Å². The Kier molecular flexibility index (Phi) is 4.28. The minimum absolute atomic E-state index is 0.0693. The van der Waals surface area contributed by atoms with Gasteiger partial charge in [0.05, 0.1) is 6.10 Å². The van der Waals surface area contributed by atoms with E-state index >= 15 is 0 Å². The lowest BCUT2D eigenvalue weighted by Gasteiger charge is -2.52. The summed E-state index contributed by atoms with van der Waals surface area (Å²) in [6.07, 6.45) is 2.35. The van der Waals surface area contributed by atoms with E-state index in [1.165, 1.54) is 0 Å². The van der Waals surface area contributed by atoms with Crippen molar-refractivity contribution in [2.45, 2.75) is 31.0 Å². The van der Waals surface area contributed by atoms with Crippen molar-refractivity contribution >= 4 is 11.6 Å². The second-order valence-electron chi connectivity index (χ2n) is 5.14. The van der Waals surface area contributed by atoms with E-state index in [0.717, 1.165) is 30.0 Å². The number of rotatable bonds is 5. The molecule has 3 nitrogen and oxygen atoms in total. The Balaban J connectivity index is 2.03. The fourth-order valence-corrected chi connectivity index (χ4v) is 2.83. The van der Waals surface area contributed by atoms with E-state index in [4.69, 9.17) is 22.1 Å². The first kappa shape index (κ1) is 13.8. The minimum atomic E-state index is 0.0693. The van der Waals surface area contributed by atoms with Crippen molar-refractivity contribution in [2.24, 2.45) is 5.73 Å². The standard InChI is InChI=1S/C14H21ClN2O/c1-17(9-11-5-3-4-6-13(11)15)14(10-16)7-12(8-14)18-2/h3-6,12H,7-10,16H2,1-2H3. The molecule has 0 bridgehead atoms. The highest BCUT2D eigenvalue weighted by Gasteiger charge is 2.46. The molecule has 0 unspecified atom stereocenters. The molecule has 1 saturated carbocycles. The summed E-state index contributed by atoms with van der Waals surface area (Å²) in [7, 11) is 3.88. The molecule has 1 aromatic carbocycles. The van der Waals surface area contributed by atoms with Gasteiger partial charge >= 0.3 is 0 Å². The zero-order chi connectivity index (χ0) is 13.2. The minimum Gasteiger partial charge on any atom is -0.381 e. The Hall–Kier alpha value is -0.610. The predicted octanol–water partition coefficient (Wildman–Crippen LogP) is 2.28. The third-order valence-corrected chi connectivity index (χ3v) is 4.47. The monoisotopic (exact) mass is 268 g/mol. The van der Waals surface area contributed by atoms with Gasteiger partial charge in [-0.2, -0.15) is 0 Å². The molecular formula is C14H21ClN2O. The van der Waals surface area contributed by atoms with Crippen molar-refractivity contribution in [3.8, 4) is 0 Å². The molecule has 1 aliphatic rings. The number of hydrogen-bond donors (Lipinski definition) is 1. The summed E-state index contributed by atoms with van der Waals surface area (Å²) in [6, 6.07) is 7.96. The largest absolute Gasteiger partial charge is 0.381 e. The van der Waals surface area contributed by atoms with Gasteiger partial charge in [0, 0.05) is 30.8 Å². The maximum Gasteiger partial charge on any atom is 0.0607 e. The molecule has 0 aromatic heterocycles. The van der Waals surface area contributed by atoms with Gasteiger partial charge < -0.3 is 10.5 Å². The molecule has 4 heteroatoms. The summed E-state index contributed by atoms with van der Waals surface area (Å²) in [5.74, 6) is 0. The van der Waals surface area contributed by atoms with Crippen LogP contribution in [-0.4, -0.2) is 37.2 Å². The maximum absolute atomic E-state index is 6.20. The Labute approximate surface area is 114 Å². The molecule has 2 rings (SSSR count). The van der Waals surface area contributed by atoms with Gasteiger partial charge in [-0.15, -0.1) is 0 Å². The van der Waals surface area contributed by atoms with Crippen LogP contribution in [0.15, 0.2) is 24.3 Å².